The van der Waals surface area contributed by atoms with Gasteiger partial charge in [0.05, 0.1) is 12.6 Å². The van der Waals surface area contributed by atoms with Gasteiger partial charge in [-0.3, -0.25) is 10.1 Å². The number of amides is 2. The van der Waals surface area contributed by atoms with Crippen LogP contribution in [-0.4, -0.2) is 89.1 Å². The molecule has 0 bridgehead atoms. The molecule has 2 aliphatic rings. The number of hydrogen-bond acceptors (Lipinski definition) is 8. The maximum absolute atomic E-state index is 13.1. The van der Waals surface area contributed by atoms with E-state index in [0.717, 1.165) is 5.56 Å². The Labute approximate surface area is 230 Å². The summed E-state index contributed by atoms with van der Waals surface area (Å²) in [7, 11) is 0. The van der Waals surface area contributed by atoms with Gasteiger partial charge in [0.2, 0.25) is 5.96 Å². The number of guanidine groups is 1. The number of esters is 1. The molecule has 40 heavy (non-hydrogen) atoms. The predicted molar refractivity (Wildman–Crippen MR) is 136 cm³/mol. The Morgan fingerprint density at radius 2 is 1.85 bits per heavy atom. The second-order valence-corrected chi connectivity index (χ2v) is 10.5. The molecule has 14 heteroatoms. The summed E-state index contributed by atoms with van der Waals surface area (Å²) in [6.45, 7) is 7.42. The number of aliphatic imine (C=N–C) groups is 1. The zero-order valence-corrected chi connectivity index (χ0v) is 22.9. The second kappa shape index (κ2) is 12.7. The largest absolute Gasteiger partial charge is 0.490 e. The van der Waals surface area contributed by atoms with Crippen molar-refractivity contribution >= 4 is 23.9 Å². The Kier molecular flexibility index (Phi) is 9.87. The number of aliphatic hydroxyl groups is 1. The third kappa shape index (κ3) is 8.73. The molecule has 11 nitrogen and oxygen atoms in total. The monoisotopic (exact) mass is 572 g/mol. The van der Waals surface area contributed by atoms with Gasteiger partial charge < -0.3 is 29.1 Å². The first-order chi connectivity index (χ1) is 18.7. The molecule has 0 aromatic heterocycles. The summed E-state index contributed by atoms with van der Waals surface area (Å²) in [6, 6.07) is 4.39. The van der Waals surface area contributed by atoms with Crippen molar-refractivity contribution in [2.75, 3.05) is 26.3 Å². The summed E-state index contributed by atoms with van der Waals surface area (Å²) in [6.07, 6.45) is -6.07. The Hall–Kier alpha value is -3.55. The molecule has 0 radical (unpaired) electrons. The lowest BCUT2D eigenvalue weighted by atomic mass is 10.1. The van der Waals surface area contributed by atoms with Crippen molar-refractivity contribution in [1.29, 1.82) is 0 Å². The summed E-state index contributed by atoms with van der Waals surface area (Å²) >= 11 is 0. The fourth-order valence-corrected chi connectivity index (χ4v) is 4.18. The Morgan fingerprint density at radius 3 is 2.50 bits per heavy atom. The number of alkyl halides is 3. The highest BCUT2D eigenvalue weighted by Gasteiger charge is 2.41. The van der Waals surface area contributed by atoms with Gasteiger partial charge in [0.25, 0.3) is 0 Å². The van der Waals surface area contributed by atoms with Crippen LogP contribution >= 0.6 is 0 Å². The van der Waals surface area contributed by atoms with Crippen molar-refractivity contribution in [3.05, 3.63) is 29.3 Å². The first kappa shape index (κ1) is 31.0. The molecule has 1 aromatic carbocycles. The van der Waals surface area contributed by atoms with Crippen LogP contribution in [0.4, 0.5) is 18.0 Å². The maximum Gasteiger partial charge on any atom is 0.471 e. The molecule has 1 fully saturated rings. The first-order valence-corrected chi connectivity index (χ1v) is 12.9. The highest BCUT2D eigenvalue weighted by molar-refractivity contribution is 5.99. The fourth-order valence-electron chi connectivity index (χ4n) is 4.18. The third-order valence-corrected chi connectivity index (χ3v) is 6.00. The number of nitrogens with zero attached hydrogens (tertiary/aromatic N) is 3. The molecule has 222 valence electrons. The fraction of sp³-hybridized carbons (Fsp3) is 0.615. The SMILES string of the molecule is CCOC(=O)[C@H](O)COc1ccc2c(c1)CN(C(=N[C@@H]1CCCN(C(=O)OC(C)(C)C)C1)NC(=O)C(F)(F)F)C2. The van der Waals surface area contributed by atoms with E-state index in [9.17, 15) is 32.7 Å². The lowest BCUT2D eigenvalue weighted by molar-refractivity contribution is -0.172. The van der Waals surface area contributed by atoms with Crippen molar-refractivity contribution < 1.29 is 46.9 Å². The van der Waals surface area contributed by atoms with E-state index in [0.29, 0.717) is 30.7 Å². The van der Waals surface area contributed by atoms with Gasteiger partial charge in [-0.15, -0.1) is 0 Å². The number of benzene rings is 1. The molecule has 0 spiro atoms. The van der Waals surface area contributed by atoms with E-state index >= 15 is 0 Å². The van der Waals surface area contributed by atoms with Crippen molar-refractivity contribution in [3.63, 3.8) is 0 Å². The highest BCUT2D eigenvalue weighted by Crippen LogP contribution is 2.28. The quantitative estimate of drug-likeness (QED) is 0.303. The molecule has 2 aliphatic heterocycles. The van der Waals surface area contributed by atoms with Gasteiger partial charge in [-0.25, -0.2) is 14.6 Å². The molecule has 2 heterocycles. The summed E-state index contributed by atoms with van der Waals surface area (Å²) in [4.78, 5) is 43.4. The average Bonchev–Trinajstić information content (AvgIpc) is 3.29. The number of hydrogen-bond donors (Lipinski definition) is 2. The van der Waals surface area contributed by atoms with E-state index < -0.39 is 41.9 Å². The molecular weight excluding hydrogens is 537 g/mol. The van der Waals surface area contributed by atoms with Gasteiger partial charge >= 0.3 is 24.1 Å². The average molecular weight is 573 g/mol. The number of ether oxygens (including phenoxy) is 3. The minimum absolute atomic E-state index is 0.110. The molecule has 0 saturated carbocycles. The van der Waals surface area contributed by atoms with E-state index in [1.165, 1.54) is 9.80 Å². The number of rotatable bonds is 6. The van der Waals surface area contributed by atoms with Gasteiger partial charge in [-0.05, 0) is 63.8 Å². The van der Waals surface area contributed by atoms with Crippen molar-refractivity contribution in [2.24, 2.45) is 4.99 Å². The Morgan fingerprint density at radius 1 is 1.15 bits per heavy atom. The normalized spacial score (nSPS) is 18.6. The van der Waals surface area contributed by atoms with E-state index in [4.69, 9.17) is 14.2 Å². The summed E-state index contributed by atoms with van der Waals surface area (Å²) in [5, 5.41) is 11.7. The van der Waals surface area contributed by atoms with Gasteiger partial charge in [-0.1, -0.05) is 6.07 Å². The highest BCUT2D eigenvalue weighted by atomic mass is 19.4. The topological polar surface area (TPSA) is 130 Å². The lowest BCUT2D eigenvalue weighted by Gasteiger charge is -2.33. The zero-order chi connectivity index (χ0) is 29.7. The van der Waals surface area contributed by atoms with Gasteiger partial charge in [-0.2, -0.15) is 13.2 Å². The number of nitrogens with one attached hydrogen (secondary N) is 1. The van der Waals surface area contributed by atoms with Crippen molar-refractivity contribution in [2.45, 2.75) is 77.5 Å². The van der Waals surface area contributed by atoms with Crippen LogP contribution in [0.2, 0.25) is 0 Å². The number of likely N-dealkylation sites (tertiary alicyclic amines) is 1. The number of carbonyl (C=O) groups is 3. The number of fused-ring (bicyclic) bond motifs is 1. The van der Waals surface area contributed by atoms with Crippen LogP contribution < -0.4 is 10.1 Å². The minimum Gasteiger partial charge on any atom is -0.490 e. The first-order valence-electron chi connectivity index (χ1n) is 12.9. The number of aliphatic hydroxyl groups excluding tert-OH is 1. The van der Waals surface area contributed by atoms with Gasteiger partial charge in [0.15, 0.2) is 6.10 Å². The second-order valence-electron chi connectivity index (χ2n) is 10.5. The Bertz CT molecular complexity index is 1120. The van der Waals surface area contributed by atoms with E-state index in [1.54, 1.807) is 45.9 Å². The summed E-state index contributed by atoms with van der Waals surface area (Å²) in [5.74, 6) is -2.89. The van der Waals surface area contributed by atoms with E-state index in [1.807, 2.05) is 5.32 Å². The van der Waals surface area contributed by atoms with Crippen LogP contribution in [0.5, 0.6) is 5.75 Å². The van der Waals surface area contributed by atoms with E-state index in [-0.39, 0.29) is 38.8 Å². The Balaban J connectivity index is 1.75. The number of halogens is 3. The third-order valence-electron chi connectivity index (χ3n) is 6.00. The molecule has 1 saturated heterocycles. The van der Waals surface area contributed by atoms with Gasteiger partial charge in [0.1, 0.15) is 18.0 Å². The van der Waals surface area contributed by atoms with Crippen LogP contribution in [0.25, 0.3) is 0 Å². The summed E-state index contributed by atoms with van der Waals surface area (Å²) < 4.78 is 55.1. The zero-order valence-electron chi connectivity index (χ0n) is 22.9. The molecule has 2 atom stereocenters. The molecule has 0 aliphatic carbocycles. The van der Waals surface area contributed by atoms with Crippen molar-refractivity contribution in [3.8, 4) is 5.75 Å². The standard InChI is InChI=1S/C26H35F3N4O7/c1-5-38-21(35)20(34)15-39-19-9-8-16-12-33(13-17(16)11-19)23(31-22(36)26(27,28)29)30-18-7-6-10-32(14-18)24(37)40-25(2,3)4/h8-9,11,18,20,34H,5-7,10,12-15H2,1-4H3,(H,30,31,36)/t18-,20-/m1/s1. The molecular formula is C26H35F3N4O7. The molecule has 0 unspecified atom stereocenters. The molecule has 2 amide bonds. The number of carbonyl (C=O) groups excluding carboxylic acids is 3. The molecule has 1 aromatic rings. The lowest BCUT2D eigenvalue weighted by Crippen LogP contribution is -2.49. The van der Waals surface area contributed by atoms with E-state index in [2.05, 4.69) is 4.99 Å². The van der Waals surface area contributed by atoms with Gasteiger partial charge in [0, 0.05) is 26.2 Å². The number of piperidine rings is 1. The van der Waals surface area contributed by atoms with Crippen LogP contribution in [-0.2, 0) is 32.2 Å². The van der Waals surface area contributed by atoms with Crippen molar-refractivity contribution in [1.82, 2.24) is 15.1 Å². The maximum atomic E-state index is 13.1. The smallest absolute Gasteiger partial charge is 0.471 e. The van der Waals surface area contributed by atoms with Crippen LogP contribution in [0.1, 0.15) is 51.7 Å². The molecule has 3 rings (SSSR count). The predicted octanol–water partition coefficient (Wildman–Crippen LogP) is 2.74. The summed E-state index contributed by atoms with van der Waals surface area (Å²) in [5.41, 5.74) is 0.766. The van der Waals surface area contributed by atoms with Crippen LogP contribution in [0, 0.1) is 0 Å². The molecule has 2 N–H and O–H groups in total. The van der Waals surface area contributed by atoms with Crippen LogP contribution in [0.15, 0.2) is 23.2 Å². The minimum atomic E-state index is -5.12. The van der Waals surface area contributed by atoms with Crippen LogP contribution in [0.3, 0.4) is 0 Å².